The molecule has 0 amide bonds. The quantitative estimate of drug-likeness (QED) is 0.123. The largest absolute Gasteiger partial charge is 0.248 e. The molecule has 1 aromatic carbocycles. The zero-order chi connectivity index (χ0) is 23.2. The molecule has 0 aliphatic carbocycles. The molecule has 0 radical (unpaired) electrons. The molecule has 0 saturated heterocycles. The van der Waals surface area contributed by atoms with Crippen LogP contribution in [-0.2, 0) is 6.54 Å². The van der Waals surface area contributed by atoms with E-state index in [0.717, 1.165) is 6.54 Å². The minimum absolute atomic E-state index is 1.14. The molecule has 33 heavy (non-hydrogen) atoms. The summed E-state index contributed by atoms with van der Waals surface area (Å²) in [6, 6.07) is 10.6. The number of imidazole rings is 1. The molecule has 0 N–H and O–H groups in total. The van der Waals surface area contributed by atoms with Crippen molar-refractivity contribution in [3.8, 4) is 5.69 Å². The van der Waals surface area contributed by atoms with Crippen LogP contribution in [0.15, 0.2) is 49.1 Å². The van der Waals surface area contributed by atoms with E-state index < -0.39 is 0 Å². The lowest BCUT2D eigenvalue weighted by molar-refractivity contribution is -0.696. The van der Waals surface area contributed by atoms with Crippen molar-refractivity contribution in [2.45, 2.75) is 123 Å². The normalized spacial score (nSPS) is 11.3. The van der Waals surface area contributed by atoms with Gasteiger partial charge in [-0.3, -0.25) is 0 Å². The third-order valence-electron chi connectivity index (χ3n) is 6.59. The zero-order valence-electron chi connectivity index (χ0n) is 21.6. The Morgan fingerprint density at radius 3 is 1.73 bits per heavy atom. The molecule has 0 atom stereocenters. The van der Waals surface area contributed by atoms with Crippen molar-refractivity contribution in [1.29, 1.82) is 0 Å². The van der Waals surface area contributed by atoms with Crippen molar-refractivity contribution in [3.63, 3.8) is 0 Å². The van der Waals surface area contributed by atoms with Gasteiger partial charge >= 0.3 is 0 Å². The van der Waals surface area contributed by atoms with Gasteiger partial charge in [0.25, 0.3) is 0 Å². The van der Waals surface area contributed by atoms with Gasteiger partial charge in [0, 0.05) is 0 Å². The maximum Gasteiger partial charge on any atom is 0.248 e. The minimum Gasteiger partial charge on any atom is -0.236 e. The summed E-state index contributed by atoms with van der Waals surface area (Å²) in [6.07, 6.45) is 30.8. The van der Waals surface area contributed by atoms with Gasteiger partial charge in [-0.15, -0.1) is 0 Å². The second kappa shape index (κ2) is 20.2. The van der Waals surface area contributed by atoms with Crippen LogP contribution in [-0.4, -0.2) is 16.1 Å². The van der Waals surface area contributed by atoms with Crippen LogP contribution in [0.5, 0.6) is 0 Å². The Bertz CT molecular complexity index is 667. The van der Waals surface area contributed by atoms with Gasteiger partial charge < -0.3 is 0 Å². The van der Waals surface area contributed by atoms with Crippen molar-refractivity contribution >= 4 is 11.8 Å². The summed E-state index contributed by atoms with van der Waals surface area (Å²) in [6.45, 7) is 3.43. The van der Waals surface area contributed by atoms with Crippen molar-refractivity contribution in [2.75, 3.05) is 11.5 Å². The lowest BCUT2D eigenvalue weighted by Crippen LogP contribution is -2.30. The molecule has 1 aromatic heterocycles. The molecule has 0 unspecified atom stereocenters. The number of benzene rings is 1. The van der Waals surface area contributed by atoms with E-state index >= 15 is 0 Å². The SMILES string of the molecule is CCCCCCCCCCSCCCCCCCCCCC[n+]1ccn(-c2ccccc2)c1. The molecule has 0 aliphatic heterocycles. The van der Waals surface area contributed by atoms with E-state index in [4.69, 9.17) is 0 Å². The van der Waals surface area contributed by atoms with Crippen molar-refractivity contribution in [3.05, 3.63) is 49.1 Å². The standard InChI is InChI=1S/C30H51N2S/c1-2-3-4-5-6-11-14-20-27-33-28-21-15-12-9-7-8-10-13-19-24-31-25-26-32(29-31)30-22-17-16-18-23-30/h16-18,22-23,25-26,29H,2-15,19-21,24,27-28H2,1H3/q+1. The average molecular weight is 472 g/mol. The van der Waals surface area contributed by atoms with E-state index in [1.165, 1.54) is 126 Å². The molecular weight excluding hydrogens is 420 g/mol. The van der Waals surface area contributed by atoms with E-state index in [-0.39, 0.29) is 0 Å². The van der Waals surface area contributed by atoms with E-state index in [1.54, 1.807) is 0 Å². The van der Waals surface area contributed by atoms with Gasteiger partial charge in [0.05, 0.1) is 6.54 Å². The topological polar surface area (TPSA) is 8.81 Å². The molecular formula is C30H51N2S+. The Kier molecular flexibility index (Phi) is 17.1. The Morgan fingerprint density at radius 2 is 1.15 bits per heavy atom. The van der Waals surface area contributed by atoms with Gasteiger partial charge in [-0.25, -0.2) is 9.13 Å². The van der Waals surface area contributed by atoms with Crippen LogP contribution >= 0.6 is 11.8 Å². The van der Waals surface area contributed by atoms with Gasteiger partial charge in [-0.05, 0) is 49.3 Å². The lowest BCUT2D eigenvalue weighted by Gasteiger charge is -2.04. The van der Waals surface area contributed by atoms with Gasteiger partial charge in [-0.1, -0.05) is 109 Å². The van der Waals surface area contributed by atoms with Gasteiger partial charge in [0.2, 0.25) is 6.33 Å². The fraction of sp³-hybridized carbons (Fsp3) is 0.700. The highest BCUT2D eigenvalue weighted by atomic mass is 32.2. The number of thioether (sulfide) groups is 1. The van der Waals surface area contributed by atoms with Crippen LogP contribution in [0.3, 0.4) is 0 Å². The van der Waals surface area contributed by atoms with E-state index in [2.05, 4.69) is 76.9 Å². The first-order valence-corrected chi connectivity index (χ1v) is 15.3. The average Bonchev–Trinajstić information content (AvgIpc) is 3.32. The smallest absolute Gasteiger partial charge is 0.236 e. The summed E-state index contributed by atoms with van der Waals surface area (Å²) in [5.74, 6) is 2.78. The molecule has 3 heteroatoms. The lowest BCUT2D eigenvalue weighted by atomic mass is 10.1. The summed E-state index contributed by atoms with van der Waals surface area (Å²) in [7, 11) is 0. The van der Waals surface area contributed by atoms with Gasteiger partial charge in [0.15, 0.2) is 0 Å². The molecule has 0 spiro atoms. The van der Waals surface area contributed by atoms with Crippen molar-refractivity contribution in [2.24, 2.45) is 0 Å². The Balaban J connectivity index is 1.28. The number of nitrogens with zero attached hydrogens (tertiary/aromatic N) is 2. The fourth-order valence-electron chi connectivity index (χ4n) is 4.46. The maximum absolute atomic E-state index is 2.32. The van der Waals surface area contributed by atoms with Crippen LogP contribution in [0.25, 0.3) is 5.69 Å². The van der Waals surface area contributed by atoms with E-state index in [1.807, 2.05) is 0 Å². The highest BCUT2D eigenvalue weighted by molar-refractivity contribution is 7.99. The summed E-state index contributed by atoms with van der Waals surface area (Å²) in [5.41, 5.74) is 1.23. The zero-order valence-corrected chi connectivity index (χ0v) is 22.4. The summed E-state index contributed by atoms with van der Waals surface area (Å²) >= 11 is 2.20. The first kappa shape index (κ1) is 28.0. The van der Waals surface area contributed by atoms with Crippen LogP contribution < -0.4 is 4.57 Å². The van der Waals surface area contributed by atoms with Crippen molar-refractivity contribution < 1.29 is 4.57 Å². The van der Waals surface area contributed by atoms with Crippen molar-refractivity contribution in [1.82, 2.24) is 4.57 Å². The number of aryl methyl sites for hydroxylation is 1. The predicted molar refractivity (Wildman–Crippen MR) is 147 cm³/mol. The number of unbranched alkanes of at least 4 members (excludes halogenated alkanes) is 15. The molecule has 2 nitrogen and oxygen atoms in total. The molecule has 1 heterocycles. The van der Waals surface area contributed by atoms with Gasteiger partial charge in [0.1, 0.15) is 18.1 Å². The highest BCUT2D eigenvalue weighted by Crippen LogP contribution is 2.14. The van der Waals surface area contributed by atoms with Crippen LogP contribution in [0.1, 0.15) is 116 Å². The summed E-state index contributed by atoms with van der Waals surface area (Å²) in [5, 5.41) is 0. The monoisotopic (exact) mass is 471 g/mol. The predicted octanol–water partition coefficient (Wildman–Crippen LogP) is 9.15. The number of aromatic nitrogens is 2. The first-order valence-electron chi connectivity index (χ1n) is 14.1. The third-order valence-corrected chi connectivity index (χ3v) is 7.75. The fourth-order valence-corrected chi connectivity index (χ4v) is 5.48. The highest BCUT2D eigenvalue weighted by Gasteiger charge is 2.05. The Morgan fingerprint density at radius 1 is 0.636 bits per heavy atom. The van der Waals surface area contributed by atoms with Crippen LogP contribution in [0.2, 0.25) is 0 Å². The molecule has 186 valence electrons. The molecule has 0 aliphatic rings. The van der Waals surface area contributed by atoms with Crippen LogP contribution in [0, 0.1) is 0 Å². The van der Waals surface area contributed by atoms with E-state index in [9.17, 15) is 0 Å². The molecule has 2 aromatic rings. The minimum atomic E-state index is 1.14. The number of hydrogen-bond acceptors (Lipinski definition) is 1. The Hall–Kier alpha value is -1.22. The number of para-hydroxylation sites is 1. The van der Waals surface area contributed by atoms with Crippen LogP contribution in [0.4, 0.5) is 0 Å². The molecule has 2 rings (SSSR count). The Labute approximate surface area is 209 Å². The number of hydrogen-bond donors (Lipinski definition) is 0. The maximum atomic E-state index is 2.32. The first-order chi connectivity index (χ1) is 16.4. The molecule has 0 saturated carbocycles. The van der Waals surface area contributed by atoms with Gasteiger partial charge in [-0.2, -0.15) is 11.8 Å². The number of rotatable bonds is 22. The summed E-state index contributed by atoms with van der Waals surface area (Å²) < 4.78 is 4.52. The second-order valence-corrected chi connectivity index (χ2v) is 10.9. The van der Waals surface area contributed by atoms with E-state index in [0.29, 0.717) is 0 Å². The molecule has 0 bridgehead atoms. The third kappa shape index (κ3) is 14.6. The molecule has 0 fully saturated rings. The second-order valence-electron chi connectivity index (χ2n) is 9.66. The summed E-state index contributed by atoms with van der Waals surface area (Å²) in [4.78, 5) is 0.